The van der Waals surface area contributed by atoms with E-state index in [1.807, 2.05) is 17.1 Å². The number of rotatable bonds is 2. The van der Waals surface area contributed by atoms with Crippen LogP contribution in [0.5, 0.6) is 0 Å². The molecule has 2 aromatic heterocycles. The molecule has 0 spiro atoms. The molecule has 1 aliphatic heterocycles. The van der Waals surface area contributed by atoms with Crippen molar-refractivity contribution in [3.8, 4) is 6.07 Å². The SMILES string of the molecule is C=CC(=O)N1CCN(n2c(=O)c(C#N)cc3cccnc32)CC1. The molecule has 23 heavy (non-hydrogen) atoms. The van der Waals surface area contributed by atoms with Gasteiger partial charge in [0.2, 0.25) is 5.91 Å². The van der Waals surface area contributed by atoms with Crippen molar-refractivity contribution < 1.29 is 4.79 Å². The van der Waals surface area contributed by atoms with Crippen molar-refractivity contribution >= 4 is 16.9 Å². The number of fused-ring (bicyclic) bond motifs is 1. The molecule has 0 unspecified atom stereocenters. The van der Waals surface area contributed by atoms with Crippen LogP contribution < -0.4 is 10.6 Å². The molecule has 3 heterocycles. The fourth-order valence-electron chi connectivity index (χ4n) is 2.71. The van der Waals surface area contributed by atoms with Gasteiger partial charge < -0.3 is 9.91 Å². The molecule has 3 rings (SSSR count). The number of pyridine rings is 2. The zero-order chi connectivity index (χ0) is 16.4. The summed E-state index contributed by atoms with van der Waals surface area (Å²) in [6.45, 7) is 5.43. The molecule has 0 atom stereocenters. The first kappa shape index (κ1) is 14.8. The molecule has 7 heteroatoms. The Morgan fingerprint density at radius 1 is 1.35 bits per heavy atom. The van der Waals surface area contributed by atoms with E-state index in [0.717, 1.165) is 5.39 Å². The lowest BCUT2D eigenvalue weighted by Crippen LogP contribution is -2.55. The summed E-state index contributed by atoms with van der Waals surface area (Å²) in [5.74, 6) is -0.120. The van der Waals surface area contributed by atoms with E-state index in [1.54, 1.807) is 23.2 Å². The van der Waals surface area contributed by atoms with Crippen LogP contribution in [0.1, 0.15) is 5.56 Å². The van der Waals surface area contributed by atoms with Crippen LogP contribution in [0.2, 0.25) is 0 Å². The van der Waals surface area contributed by atoms with Crippen LogP contribution in [0.15, 0.2) is 41.8 Å². The van der Waals surface area contributed by atoms with Crippen molar-refractivity contribution in [3.05, 3.63) is 53.0 Å². The average Bonchev–Trinajstić information content (AvgIpc) is 2.60. The van der Waals surface area contributed by atoms with Crippen LogP contribution in [0.25, 0.3) is 11.0 Å². The Kier molecular flexibility index (Phi) is 3.81. The number of amides is 1. The van der Waals surface area contributed by atoms with Crippen LogP contribution in [0.3, 0.4) is 0 Å². The number of hydrogen-bond donors (Lipinski definition) is 0. The van der Waals surface area contributed by atoms with E-state index >= 15 is 0 Å². The van der Waals surface area contributed by atoms with Gasteiger partial charge in [-0.25, -0.2) is 9.66 Å². The van der Waals surface area contributed by atoms with Gasteiger partial charge in [0.25, 0.3) is 5.56 Å². The fourth-order valence-corrected chi connectivity index (χ4v) is 2.71. The monoisotopic (exact) mass is 309 g/mol. The quantitative estimate of drug-likeness (QED) is 0.742. The van der Waals surface area contributed by atoms with Gasteiger partial charge in [0.15, 0.2) is 5.65 Å². The van der Waals surface area contributed by atoms with Gasteiger partial charge in [0.1, 0.15) is 11.6 Å². The summed E-state index contributed by atoms with van der Waals surface area (Å²) in [5.41, 5.74) is 0.206. The minimum Gasteiger partial charge on any atom is -0.335 e. The van der Waals surface area contributed by atoms with Gasteiger partial charge >= 0.3 is 0 Å². The average molecular weight is 309 g/mol. The van der Waals surface area contributed by atoms with Crippen LogP contribution in [0.4, 0.5) is 0 Å². The number of carbonyl (C=O) groups excluding carboxylic acids is 1. The Labute approximate surface area is 132 Å². The van der Waals surface area contributed by atoms with Gasteiger partial charge in [-0.2, -0.15) is 5.26 Å². The number of nitrogens with zero attached hydrogens (tertiary/aromatic N) is 5. The molecule has 0 aromatic carbocycles. The first-order valence-electron chi connectivity index (χ1n) is 7.23. The van der Waals surface area contributed by atoms with Crippen LogP contribution >= 0.6 is 0 Å². The van der Waals surface area contributed by atoms with Crippen molar-refractivity contribution in [3.63, 3.8) is 0 Å². The standard InChI is InChI=1S/C16H15N5O2/c1-2-14(22)19-6-8-20(9-7-19)21-15-12(4-3-5-18-15)10-13(11-17)16(21)23/h2-5,10H,1,6-9H2. The number of carbonyl (C=O) groups is 1. The Morgan fingerprint density at radius 2 is 2.09 bits per heavy atom. The summed E-state index contributed by atoms with van der Waals surface area (Å²) in [4.78, 5) is 30.2. The van der Waals surface area contributed by atoms with Gasteiger partial charge in [-0.05, 0) is 24.3 Å². The molecule has 0 saturated carbocycles. The molecule has 7 nitrogen and oxygen atoms in total. The lowest BCUT2D eigenvalue weighted by Gasteiger charge is -2.36. The third-order valence-electron chi connectivity index (χ3n) is 3.89. The first-order chi connectivity index (χ1) is 11.2. The predicted octanol–water partition coefficient (Wildman–Crippen LogP) is 0.234. The van der Waals surface area contributed by atoms with Crippen LogP contribution in [0, 0.1) is 11.3 Å². The lowest BCUT2D eigenvalue weighted by molar-refractivity contribution is -0.126. The van der Waals surface area contributed by atoms with E-state index in [0.29, 0.717) is 31.8 Å². The van der Waals surface area contributed by atoms with Gasteiger partial charge in [0.05, 0.1) is 13.1 Å². The van der Waals surface area contributed by atoms with E-state index in [9.17, 15) is 14.9 Å². The second kappa shape index (κ2) is 5.93. The van der Waals surface area contributed by atoms with E-state index < -0.39 is 0 Å². The molecule has 1 saturated heterocycles. The number of piperazine rings is 1. The molecule has 0 radical (unpaired) electrons. The van der Waals surface area contributed by atoms with Crippen LogP contribution in [-0.2, 0) is 4.79 Å². The maximum Gasteiger partial charge on any atom is 0.288 e. The normalized spacial score (nSPS) is 14.6. The van der Waals surface area contributed by atoms with Gasteiger partial charge in [-0.15, -0.1) is 0 Å². The molecule has 0 aliphatic carbocycles. The third kappa shape index (κ3) is 2.55. The molecule has 1 amide bonds. The van der Waals surface area contributed by atoms with E-state index in [2.05, 4.69) is 11.6 Å². The van der Waals surface area contributed by atoms with Crippen molar-refractivity contribution in [1.82, 2.24) is 14.6 Å². The highest BCUT2D eigenvalue weighted by Gasteiger charge is 2.22. The van der Waals surface area contributed by atoms with Gasteiger partial charge in [0, 0.05) is 24.7 Å². The van der Waals surface area contributed by atoms with E-state index in [4.69, 9.17) is 0 Å². The number of hydrogen-bond acceptors (Lipinski definition) is 5. The van der Waals surface area contributed by atoms with Crippen molar-refractivity contribution in [2.24, 2.45) is 0 Å². The van der Waals surface area contributed by atoms with E-state index in [1.165, 1.54) is 10.8 Å². The van der Waals surface area contributed by atoms with Crippen molar-refractivity contribution in [1.29, 1.82) is 5.26 Å². The summed E-state index contributed by atoms with van der Waals surface area (Å²) in [5, 5.41) is 11.7. The molecule has 1 fully saturated rings. The highest BCUT2D eigenvalue weighted by atomic mass is 16.2. The zero-order valence-corrected chi connectivity index (χ0v) is 12.5. The second-order valence-corrected chi connectivity index (χ2v) is 5.19. The number of nitriles is 1. The van der Waals surface area contributed by atoms with Crippen molar-refractivity contribution in [2.75, 3.05) is 31.2 Å². The first-order valence-corrected chi connectivity index (χ1v) is 7.23. The second-order valence-electron chi connectivity index (χ2n) is 5.19. The topological polar surface area (TPSA) is 82.2 Å². The smallest absolute Gasteiger partial charge is 0.288 e. The predicted molar refractivity (Wildman–Crippen MR) is 85.4 cm³/mol. The summed E-state index contributed by atoms with van der Waals surface area (Å²) < 4.78 is 1.45. The van der Waals surface area contributed by atoms with E-state index in [-0.39, 0.29) is 17.0 Å². The zero-order valence-electron chi connectivity index (χ0n) is 12.5. The molecule has 1 aliphatic rings. The summed E-state index contributed by atoms with van der Waals surface area (Å²) in [7, 11) is 0. The molecule has 2 aromatic rings. The minimum absolute atomic E-state index is 0.0788. The molecular formula is C16H15N5O2. The molecular weight excluding hydrogens is 294 g/mol. The summed E-state index contributed by atoms with van der Waals surface area (Å²) in [6, 6.07) is 7.07. The maximum atomic E-state index is 12.5. The molecule has 116 valence electrons. The summed E-state index contributed by atoms with van der Waals surface area (Å²) >= 11 is 0. The largest absolute Gasteiger partial charge is 0.335 e. The van der Waals surface area contributed by atoms with Crippen LogP contribution in [-0.4, -0.2) is 46.6 Å². The van der Waals surface area contributed by atoms with Gasteiger partial charge in [-0.3, -0.25) is 9.59 Å². The highest BCUT2D eigenvalue weighted by molar-refractivity contribution is 5.87. The molecule has 0 bridgehead atoms. The fraction of sp³-hybridized carbons (Fsp3) is 0.250. The minimum atomic E-state index is -0.387. The van der Waals surface area contributed by atoms with Crippen molar-refractivity contribution in [2.45, 2.75) is 0 Å². The molecule has 0 N–H and O–H groups in total. The number of aromatic nitrogens is 2. The Hall–Kier alpha value is -3.14. The third-order valence-corrected chi connectivity index (χ3v) is 3.89. The Balaban J connectivity index is 2.02. The van der Waals surface area contributed by atoms with Gasteiger partial charge in [-0.1, -0.05) is 6.58 Å². The highest BCUT2D eigenvalue weighted by Crippen LogP contribution is 2.12. The lowest BCUT2D eigenvalue weighted by atomic mass is 10.2. The Bertz CT molecular complexity index is 872. The summed E-state index contributed by atoms with van der Waals surface area (Å²) in [6.07, 6.45) is 2.90. The Morgan fingerprint density at radius 3 is 2.74 bits per heavy atom. The maximum absolute atomic E-state index is 12.5.